The van der Waals surface area contributed by atoms with Gasteiger partial charge in [0.1, 0.15) is 0 Å². The van der Waals surface area contributed by atoms with Crippen molar-refractivity contribution in [3.8, 4) is 0 Å². The second-order valence-electron chi connectivity index (χ2n) is 2.42. The van der Waals surface area contributed by atoms with Crippen molar-refractivity contribution in [2.45, 2.75) is 20.3 Å². The van der Waals surface area contributed by atoms with Crippen molar-refractivity contribution >= 4 is 6.09 Å². The zero-order valence-electron chi connectivity index (χ0n) is 7.88. The van der Waals surface area contributed by atoms with E-state index in [-0.39, 0.29) is 6.09 Å². The molecule has 0 rings (SSSR count). The van der Waals surface area contributed by atoms with Crippen LogP contribution in [0.25, 0.3) is 0 Å². The van der Waals surface area contributed by atoms with E-state index < -0.39 is 0 Å². The van der Waals surface area contributed by atoms with Gasteiger partial charge >= 0.3 is 6.09 Å². The summed E-state index contributed by atoms with van der Waals surface area (Å²) in [6.07, 6.45) is 0.584. The van der Waals surface area contributed by atoms with Crippen LogP contribution in [0.1, 0.15) is 20.3 Å². The first-order chi connectivity index (χ1) is 5.76. The molecule has 0 atom stereocenters. The molecule has 0 aromatic rings. The first-order valence-electron chi connectivity index (χ1n) is 4.38. The zero-order valence-corrected chi connectivity index (χ0v) is 7.88. The third-order valence-corrected chi connectivity index (χ3v) is 1.54. The van der Waals surface area contributed by atoms with Gasteiger partial charge in [-0.25, -0.2) is 4.79 Å². The number of hydrogen-bond donors (Lipinski definition) is 1. The average Bonchev–Trinajstić information content (AvgIpc) is 2.06. The fraction of sp³-hybridized carbons (Fsp3) is 0.875. The summed E-state index contributed by atoms with van der Waals surface area (Å²) in [5, 5.41) is 0. The SMILES string of the molecule is CCOC(=O)N(CC)CCCN. The molecule has 0 aromatic carbocycles. The molecule has 0 aromatic heterocycles. The van der Waals surface area contributed by atoms with Crippen molar-refractivity contribution in [3.63, 3.8) is 0 Å². The summed E-state index contributed by atoms with van der Waals surface area (Å²) < 4.78 is 4.84. The van der Waals surface area contributed by atoms with Gasteiger partial charge < -0.3 is 15.4 Å². The lowest BCUT2D eigenvalue weighted by Crippen LogP contribution is -2.33. The third kappa shape index (κ3) is 4.18. The van der Waals surface area contributed by atoms with Crippen LogP contribution in [-0.4, -0.2) is 37.2 Å². The summed E-state index contributed by atoms with van der Waals surface area (Å²) in [5.74, 6) is 0. The maximum absolute atomic E-state index is 11.1. The second kappa shape index (κ2) is 6.91. The van der Waals surface area contributed by atoms with Gasteiger partial charge in [0.15, 0.2) is 0 Å². The normalized spacial score (nSPS) is 9.58. The maximum Gasteiger partial charge on any atom is 0.409 e. The van der Waals surface area contributed by atoms with Crippen LogP contribution in [0.3, 0.4) is 0 Å². The van der Waals surface area contributed by atoms with E-state index in [2.05, 4.69) is 0 Å². The van der Waals surface area contributed by atoms with Crippen LogP contribution < -0.4 is 5.73 Å². The van der Waals surface area contributed by atoms with E-state index in [0.29, 0.717) is 26.2 Å². The molecule has 0 bridgehead atoms. The lowest BCUT2D eigenvalue weighted by Gasteiger charge is -2.19. The molecule has 0 unspecified atom stereocenters. The summed E-state index contributed by atoms with van der Waals surface area (Å²) in [5.41, 5.74) is 5.33. The van der Waals surface area contributed by atoms with E-state index in [4.69, 9.17) is 10.5 Å². The molecule has 0 aliphatic rings. The van der Waals surface area contributed by atoms with Gasteiger partial charge in [-0.15, -0.1) is 0 Å². The number of rotatable bonds is 5. The minimum absolute atomic E-state index is 0.242. The van der Waals surface area contributed by atoms with Crippen molar-refractivity contribution in [3.05, 3.63) is 0 Å². The number of nitrogens with two attached hydrogens (primary N) is 1. The van der Waals surface area contributed by atoms with Crippen molar-refractivity contribution in [1.82, 2.24) is 4.90 Å². The lowest BCUT2D eigenvalue weighted by molar-refractivity contribution is 0.109. The Kier molecular flexibility index (Phi) is 6.47. The highest BCUT2D eigenvalue weighted by Gasteiger charge is 2.10. The molecular weight excluding hydrogens is 156 g/mol. The molecule has 12 heavy (non-hydrogen) atoms. The molecule has 0 aliphatic carbocycles. The van der Waals surface area contributed by atoms with Gasteiger partial charge in [0, 0.05) is 13.1 Å². The maximum atomic E-state index is 11.1. The Balaban J connectivity index is 3.71. The van der Waals surface area contributed by atoms with Crippen LogP contribution in [0, 0.1) is 0 Å². The van der Waals surface area contributed by atoms with E-state index in [1.54, 1.807) is 11.8 Å². The number of hydrogen-bond acceptors (Lipinski definition) is 3. The third-order valence-electron chi connectivity index (χ3n) is 1.54. The zero-order chi connectivity index (χ0) is 9.40. The van der Waals surface area contributed by atoms with Crippen LogP contribution >= 0.6 is 0 Å². The standard InChI is InChI=1S/C8H18N2O2/c1-3-10(7-5-6-9)8(11)12-4-2/h3-7,9H2,1-2H3. The van der Waals surface area contributed by atoms with Crippen LogP contribution in [0.2, 0.25) is 0 Å². The van der Waals surface area contributed by atoms with Crippen LogP contribution in [-0.2, 0) is 4.74 Å². The molecule has 0 radical (unpaired) electrons. The highest BCUT2D eigenvalue weighted by molar-refractivity contribution is 5.67. The summed E-state index contributed by atoms with van der Waals surface area (Å²) >= 11 is 0. The quantitative estimate of drug-likeness (QED) is 0.671. The number of nitrogens with zero attached hydrogens (tertiary/aromatic N) is 1. The smallest absolute Gasteiger partial charge is 0.409 e. The molecule has 0 saturated carbocycles. The molecule has 0 aliphatic heterocycles. The first kappa shape index (κ1) is 11.2. The Morgan fingerprint density at radius 3 is 2.58 bits per heavy atom. The van der Waals surface area contributed by atoms with Gasteiger partial charge in [-0.3, -0.25) is 0 Å². The van der Waals surface area contributed by atoms with Crippen molar-refractivity contribution in [2.24, 2.45) is 5.73 Å². The van der Waals surface area contributed by atoms with Gasteiger partial charge in [-0.2, -0.15) is 0 Å². The Hall–Kier alpha value is -0.770. The van der Waals surface area contributed by atoms with Gasteiger partial charge in [0.25, 0.3) is 0 Å². The Bertz CT molecular complexity index is 128. The molecule has 0 fully saturated rings. The molecule has 0 heterocycles. The number of carbonyl (C=O) groups excluding carboxylic acids is 1. The summed E-state index contributed by atoms with van der Waals surface area (Å²) in [4.78, 5) is 12.8. The second-order valence-corrected chi connectivity index (χ2v) is 2.42. The fourth-order valence-corrected chi connectivity index (χ4v) is 0.875. The van der Waals surface area contributed by atoms with Crippen LogP contribution in [0.4, 0.5) is 4.79 Å². The summed E-state index contributed by atoms with van der Waals surface area (Å²) in [6, 6.07) is 0. The van der Waals surface area contributed by atoms with E-state index >= 15 is 0 Å². The van der Waals surface area contributed by atoms with Crippen molar-refractivity contribution < 1.29 is 9.53 Å². The molecular formula is C8H18N2O2. The van der Waals surface area contributed by atoms with Gasteiger partial charge in [-0.05, 0) is 26.8 Å². The van der Waals surface area contributed by atoms with E-state index in [1.807, 2.05) is 6.92 Å². The average molecular weight is 174 g/mol. The Labute approximate surface area is 73.7 Å². The fourth-order valence-electron chi connectivity index (χ4n) is 0.875. The van der Waals surface area contributed by atoms with E-state index in [9.17, 15) is 4.79 Å². The van der Waals surface area contributed by atoms with Gasteiger partial charge in [0.05, 0.1) is 6.61 Å². The van der Waals surface area contributed by atoms with Crippen LogP contribution in [0.15, 0.2) is 0 Å². The predicted octanol–water partition coefficient (Wildman–Crippen LogP) is 0.814. The minimum atomic E-state index is -0.242. The topological polar surface area (TPSA) is 55.6 Å². The number of carbonyl (C=O) groups is 1. The lowest BCUT2D eigenvalue weighted by atomic mass is 10.4. The highest BCUT2D eigenvalue weighted by atomic mass is 16.6. The summed E-state index contributed by atoms with van der Waals surface area (Å²) in [7, 11) is 0. The van der Waals surface area contributed by atoms with Gasteiger partial charge in [0.2, 0.25) is 0 Å². The Morgan fingerprint density at radius 2 is 2.17 bits per heavy atom. The molecule has 4 nitrogen and oxygen atoms in total. The van der Waals surface area contributed by atoms with E-state index in [0.717, 1.165) is 6.42 Å². The van der Waals surface area contributed by atoms with Crippen molar-refractivity contribution in [1.29, 1.82) is 0 Å². The predicted molar refractivity (Wildman–Crippen MR) is 47.9 cm³/mol. The van der Waals surface area contributed by atoms with Crippen LogP contribution in [0.5, 0.6) is 0 Å². The number of amides is 1. The molecule has 0 saturated heterocycles. The molecule has 4 heteroatoms. The minimum Gasteiger partial charge on any atom is -0.450 e. The number of ether oxygens (including phenoxy) is 1. The monoisotopic (exact) mass is 174 g/mol. The van der Waals surface area contributed by atoms with E-state index in [1.165, 1.54) is 0 Å². The molecule has 2 N–H and O–H groups in total. The largest absolute Gasteiger partial charge is 0.450 e. The molecule has 0 spiro atoms. The first-order valence-corrected chi connectivity index (χ1v) is 4.38. The molecule has 72 valence electrons. The summed E-state index contributed by atoms with van der Waals surface area (Å²) in [6.45, 7) is 6.13. The van der Waals surface area contributed by atoms with Crippen molar-refractivity contribution in [2.75, 3.05) is 26.2 Å². The highest BCUT2D eigenvalue weighted by Crippen LogP contribution is 1.94. The van der Waals surface area contributed by atoms with Gasteiger partial charge in [-0.1, -0.05) is 0 Å². The molecule has 1 amide bonds. The Morgan fingerprint density at radius 1 is 1.50 bits per heavy atom.